The van der Waals surface area contributed by atoms with Crippen molar-refractivity contribution < 1.29 is 0 Å². The number of fused-ring (bicyclic) bond motifs is 1. The number of nitrogens with zero attached hydrogens (tertiary/aromatic N) is 2. The molecule has 0 aliphatic heterocycles. The van der Waals surface area contributed by atoms with Crippen LogP contribution in [-0.2, 0) is 18.4 Å². The Kier molecular flexibility index (Phi) is 5.06. The first-order chi connectivity index (χ1) is 13.9. The lowest BCUT2D eigenvalue weighted by Gasteiger charge is -2.20. The highest BCUT2D eigenvalue weighted by Gasteiger charge is 2.15. The van der Waals surface area contributed by atoms with Crippen LogP contribution in [0.15, 0.2) is 83.8 Å². The van der Waals surface area contributed by atoms with Gasteiger partial charge in [-0.15, -0.1) is 0 Å². The zero-order valence-electron chi connectivity index (χ0n) is 17.2. The third-order valence-corrected chi connectivity index (χ3v) is 5.38. The number of benzene rings is 2. The Bertz CT molecular complexity index is 1180. The molecule has 0 saturated heterocycles. The molecule has 0 saturated carbocycles. The van der Waals surface area contributed by atoms with Gasteiger partial charge in [-0.1, -0.05) is 75.4 Å². The maximum Gasteiger partial charge on any atom is 0.191 e. The highest BCUT2D eigenvalue weighted by atomic mass is 16.1. The average molecular weight is 383 g/mol. The first-order valence-electron chi connectivity index (χ1n) is 10.1. The molecule has 0 spiro atoms. The van der Waals surface area contributed by atoms with Gasteiger partial charge < -0.3 is 4.57 Å². The van der Waals surface area contributed by atoms with Crippen LogP contribution >= 0.6 is 0 Å². The average Bonchev–Trinajstić information content (AvgIpc) is 2.73. The van der Waals surface area contributed by atoms with Gasteiger partial charge in [0.25, 0.3) is 0 Å². The van der Waals surface area contributed by atoms with Crippen LogP contribution in [0, 0.1) is 0 Å². The molecule has 2 aromatic carbocycles. The zero-order valence-corrected chi connectivity index (χ0v) is 17.2. The van der Waals surface area contributed by atoms with Gasteiger partial charge in [0, 0.05) is 18.8 Å². The van der Waals surface area contributed by atoms with Gasteiger partial charge in [0.1, 0.15) is 5.65 Å². The summed E-state index contributed by atoms with van der Waals surface area (Å²) in [5, 5.41) is 0.663. The zero-order chi connectivity index (χ0) is 20.4. The molecule has 3 nitrogen and oxygen atoms in total. The Balaban J connectivity index is 1.83. The molecule has 0 bridgehead atoms. The second-order valence-electron chi connectivity index (χ2n) is 8.48. The second kappa shape index (κ2) is 7.67. The fourth-order valence-electron chi connectivity index (χ4n) is 3.69. The van der Waals surface area contributed by atoms with E-state index in [2.05, 4.69) is 78.9 Å². The summed E-state index contributed by atoms with van der Waals surface area (Å²) in [6.45, 7) is 7.38. The van der Waals surface area contributed by atoms with E-state index in [1.807, 2.05) is 18.2 Å². The monoisotopic (exact) mass is 382 g/mol. The smallest absolute Gasteiger partial charge is 0.191 e. The predicted molar refractivity (Wildman–Crippen MR) is 120 cm³/mol. The first kappa shape index (κ1) is 19.1. The molecule has 0 aliphatic rings. The molecule has 146 valence electrons. The third-order valence-electron chi connectivity index (χ3n) is 5.38. The van der Waals surface area contributed by atoms with Crippen molar-refractivity contribution >= 4 is 11.0 Å². The maximum atomic E-state index is 12.8. The predicted octanol–water partition coefficient (Wildman–Crippen LogP) is 5.60. The van der Waals surface area contributed by atoms with Crippen LogP contribution in [0.1, 0.15) is 31.9 Å². The standard InChI is InChI=1S/C26H26N2O/c1-26(2,3)21-13-11-20(12-14-21)23-18-24(29)22-10-7-16-27-25(22)28(23)17-15-19-8-5-4-6-9-19/h4-14,16,18H,15,17H2,1-3H3. The highest BCUT2D eigenvalue weighted by Crippen LogP contribution is 2.27. The normalized spacial score (nSPS) is 11.7. The van der Waals surface area contributed by atoms with Gasteiger partial charge in [0.2, 0.25) is 0 Å². The molecule has 0 atom stereocenters. The Morgan fingerprint density at radius 1 is 0.897 bits per heavy atom. The van der Waals surface area contributed by atoms with Gasteiger partial charge in [-0.2, -0.15) is 0 Å². The summed E-state index contributed by atoms with van der Waals surface area (Å²) in [5.41, 5.74) is 5.34. The molecule has 2 heterocycles. The Morgan fingerprint density at radius 3 is 2.31 bits per heavy atom. The summed E-state index contributed by atoms with van der Waals surface area (Å²) < 4.78 is 2.18. The van der Waals surface area contributed by atoms with Crippen LogP contribution in [0.4, 0.5) is 0 Å². The van der Waals surface area contributed by atoms with Crippen LogP contribution in [-0.4, -0.2) is 9.55 Å². The molecule has 0 aliphatic carbocycles. The van der Waals surface area contributed by atoms with Crippen LogP contribution in [0.25, 0.3) is 22.3 Å². The minimum Gasteiger partial charge on any atom is -0.325 e. The van der Waals surface area contributed by atoms with Gasteiger partial charge >= 0.3 is 0 Å². The first-order valence-corrected chi connectivity index (χ1v) is 10.1. The van der Waals surface area contributed by atoms with E-state index < -0.39 is 0 Å². The van der Waals surface area contributed by atoms with Crippen molar-refractivity contribution in [3.8, 4) is 11.3 Å². The summed E-state index contributed by atoms with van der Waals surface area (Å²) in [6.07, 6.45) is 2.63. The summed E-state index contributed by atoms with van der Waals surface area (Å²) in [7, 11) is 0. The topological polar surface area (TPSA) is 34.9 Å². The Labute approximate surface area is 171 Å². The molecular weight excluding hydrogens is 356 g/mol. The van der Waals surface area contributed by atoms with Crippen molar-refractivity contribution in [3.05, 3.63) is 100 Å². The molecule has 0 radical (unpaired) electrons. The third kappa shape index (κ3) is 4.00. The molecule has 2 aromatic heterocycles. The van der Waals surface area contributed by atoms with E-state index >= 15 is 0 Å². The van der Waals surface area contributed by atoms with Gasteiger partial charge in [-0.05, 0) is 40.7 Å². The van der Waals surface area contributed by atoms with Gasteiger partial charge in [-0.3, -0.25) is 4.79 Å². The molecule has 4 rings (SSSR count). The summed E-state index contributed by atoms with van der Waals surface area (Å²) in [4.78, 5) is 17.3. The molecule has 0 fully saturated rings. The minimum atomic E-state index is 0.0129. The molecule has 0 unspecified atom stereocenters. The summed E-state index contributed by atoms with van der Waals surface area (Å²) >= 11 is 0. The molecular formula is C26H26N2O. The van der Waals surface area contributed by atoms with Crippen molar-refractivity contribution in [2.75, 3.05) is 0 Å². The second-order valence-corrected chi connectivity index (χ2v) is 8.48. The quantitative estimate of drug-likeness (QED) is 0.460. The van der Waals surface area contributed by atoms with E-state index in [1.165, 1.54) is 11.1 Å². The van der Waals surface area contributed by atoms with Gasteiger partial charge in [0.15, 0.2) is 5.43 Å². The number of rotatable bonds is 4. The van der Waals surface area contributed by atoms with Crippen LogP contribution in [0.5, 0.6) is 0 Å². The lowest BCUT2D eigenvalue weighted by molar-refractivity contribution is 0.590. The Hall–Kier alpha value is -3.20. The number of hydrogen-bond acceptors (Lipinski definition) is 2. The number of aryl methyl sites for hydroxylation is 2. The summed E-state index contributed by atoms with van der Waals surface area (Å²) in [5.74, 6) is 0. The van der Waals surface area contributed by atoms with Crippen LogP contribution < -0.4 is 5.43 Å². The van der Waals surface area contributed by atoms with E-state index in [0.717, 1.165) is 29.9 Å². The van der Waals surface area contributed by atoms with Crippen molar-refractivity contribution in [1.82, 2.24) is 9.55 Å². The van der Waals surface area contributed by atoms with E-state index in [-0.39, 0.29) is 10.8 Å². The summed E-state index contributed by atoms with van der Waals surface area (Å²) in [6, 6.07) is 24.4. The van der Waals surface area contributed by atoms with E-state index in [1.54, 1.807) is 12.3 Å². The largest absolute Gasteiger partial charge is 0.325 e. The number of pyridine rings is 2. The lowest BCUT2D eigenvalue weighted by atomic mass is 9.86. The van der Waals surface area contributed by atoms with E-state index in [9.17, 15) is 4.79 Å². The molecule has 29 heavy (non-hydrogen) atoms. The number of aromatic nitrogens is 2. The van der Waals surface area contributed by atoms with Crippen molar-refractivity contribution in [3.63, 3.8) is 0 Å². The molecule has 0 N–H and O–H groups in total. The van der Waals surface area contributed by atoms with E-state index in [0.29, 0.717) is 5.39 Å². The minimum absolute atomic E-state index is 0.0129. The Morgan fingerprint density at radius 2 is 1.62 bits per heavy atom. The van der Waals surface area contributed by atoms with Crippen molar-refractivity contribution in [2.24, 2.45) is 0 Å². The molecule has 4 aromatic rings. The molecule has 0 amide bonds. The maximum absolute atomic E-state index is 12.8. The SMILES string of the molecule is CC(C)(C)c1ccc(-c2cc(=O)c3cccnc3n2CCc2ccccc2)cc1. The highest BCUT2D eigenvalue weighted by molar-refractivity contribution is 5.79. The van der Waals surface area contributed by atoms with Crippen molar-refractivity contribution in [1.29, 1.82) is 0 Å². The van der Waals surface area contributed by atoms with Crippen LogP contribution in [0.2, 0.25) is 0 Å². The fraction of sp³-hybridized carbons (Fsp3) is 0.231. The van der Waals surface area contributed by atoms with Gasteiger partial charge in [0.05, 0.1) is 11.1 Å². The number of hydrogen-bond donors (Lipinski definition) is 0. The molecule has 3 heteroatoms. The van der Waals surface area contributed by atoms with E-state index in [4.69, 9.17) is 0 Å². The lowest BCUT2D eigenvalue weighted by Crippen LogP contribution is -2.15. The fourth-order valence-corrected chi connectivity index (χ4v) is 3.69. The van der Waals surface area contributed by atoms with Crippen LogP contribution in [0.3, 0.4) is 0 Å². The van der Waals surface area contributed by atoms with Gasteiger partial charge in [-0.25, -0.2) is 4.98 Å². The van der Waals surface area contributed by atoms with Crippen molar-refractivity contribution in [2.45, 2.75) is 39.2 Å².